The van der Waals surface area contributed by atoms with E-state index in [1.54, 1.807) is 6.07 Å². The standard InChI is InChI=1S/C13H10FNO3/c1-8(13(17)11-3-2-6-18-11)12(16)10-5-4-9(14)7-15-10/h2-8H,1H3. The highest BCUT2D eigenvalue weighted by Gasteiger charge is 2.26. The molecule has 5 heteroatoms. The van der Waals surface area contributed by atoms with Crippen LogP contribution >= 0.6 is 0 Å². The molecule has 92 valence electrons. The quantitative estimate of drug-likeness (QED) is 0.615. The van der Waals surface area contributed by atoms with E-state index in [2.05, 4.69) is 4.98 Å². The van der Waals surface area contributed by atoms with E-state index in [0.29, 0.717) is 0 Å². The van der Waals surface area contributed by atoms with Gasteiger partial charge in [-0.05, 0) is 31.2 Å². The summed E-state index contributed by atoms with van der Waals surface area (Å²) >= 11 is 0. The summed E-state index contributed by atoms with van der Waals surface area (Å²) in [6.45, 7) is 1.47. The number of carbonyl (C=O) groups is 2. The van der Waals surface area contributed by atoms with Gasteiger partial charge in [0.05, 0.1) is 18.4 Å². The van der Waals surface area contributed by atoms with Crippen molar-refractivity contribution in [2.75, 3.05) is 0 Å². The van der Waals surface area contributed by atoms with Crippen LogP contribution in [0.3, 0.4) is 0 Å². The monoisotopic (exact) mass is 247 g/mol. The number of hydrogen-bond donors (Lipinski definition) is 0. The minimum absolute atomic E-state index is 0.0591. The van der Waals surface area contributed by atoms with E-state index in [1.165, 1.54) is 25.3 Å². The van der Waals surface area contributed by atoms with Crippen molar-refractivity contribution in [3.63, 3.8) is 0 Å². The molecule has 0 amide bonds. The lowest BCUT2D eigenvalue weighted by Gasteiger charge is -2.06. The molecule has 0 aromatic carbocycles. The number of nitrogens with zero attached hydrogens (tertiary/aromatic N) is 1. The minimum Gasteiger partial charge on any atom is -0.461 e. The van der Waals surface area contributed by atoms with Crippen LogP contribution in [0, 0.1) is 11.7 Å². The molecule has 0 aliphatic carbocycles. The average molecular weight is 247 g/mol. The Balaban J connectivity index is 2.19. The SMILES string of the molecule is CC(C(=O)c1ccc(F)cn1)C(=O)c1ccco1. The lowest BCUT2D eigenvalue weighted by atomic mass is 9.97. The van der Waals surface area contributed by atoms with Crippen molar-refractivity contribution < 1.29 is 18.4 Å². The van der Waals surface area contributed by atoms with Crippen LogP contribution < -0.4 is 0 Å². The second-order valence-electron chi connectivity index (χ2n) is 3.79. The predicted molar refractivity (Wildman–Crippen MR) is 60.7 cm³/mol. The fourth-order valence-electron chi connectivity index (χ4n) is 1.49. The van der Waals surface area contributed by atoms with Crippen LogP contribution in [0.4, 0.5) is 4.39 Å². The molecule has 2 rings (SSSR count). The molecule has 1 unspecified atom stereocenters. The Morgan fingerprint density at radius 3 is 2.61 bits per heavy atom. The van der Waals surface area contributed by atoms with E-state index in [-0.39, 0.29) is 11.5 Å². The van der Waals surface area contributed by atoms with Gasteiger partial charge in [0.15, 0.2) is 11.5 Å². The van der Waals surface area contributed by atoms with Gasteiger partial charge in [-0.25, -0.2) is 4.39 Å². The number of pyridine rings is 1. The maximum atomic E-state index is 12.7. The number of rotatable bonds is 4. The first-order valence-corrected chi connectivity index (χ1v) is 5.33. The van der Waals surface area contributed by atoms with E-state index < -0.39 is 23.3 Å². The fraction of sp³-hybridized carbons (Fsp3) is 0.154. The molecule has 18 heavy (non-hydrogen) atoms. The Morgan fingerprint density at radius 2 is 2.06 bits per heavy atom. The van der Waals surface area contributed by atoms with Crippen molar-refractivity contribution in [2.45, 2.75) is 6.92 Å². The average Bonchev–Trinajstić information content (AvgIpc) is 2.91. The molecule has 0 aliphatic rings. The zero-order valence-electron chi connectivity index (χ0n) is 9.59. The van der Waals surface area contributed by atoms with E-state index >= 15 is 0 Å². The van der Waals surface area contributed by atoms with Gasteiger partial charge in [0.1, 0.15) is 11.5 Å². The van der Waals surface area contributed by atoms with Gasteiger partial charge < -0.3 is 4.42 Å². The van der Waals surface area contributed by atoms with Crippen molar-refractivity contribution in [1.29, 1.82) is 0 Å². The Hall–Kier alpha value is -2.30. The van der Waals surface area contributed by atoms with Gasteiger partial charge in [-0.2, -0.15) is 0 Å². The summed E-state index contributed by atoms with van der Waals surface area (Å²) in [4.78, 5) is 27.5. The van der Waals surface area contributed by atoms with Crippen LogP contribution in [-0.4, -0.2) is 16.6 Å². The first-order chi connectivity index (χ1) is 8.59. The maximum absolute atomic E-state index is 12.7. The molecule has 0 bridgehead atoms. The van der Waals surface area contributed by atoms with Gasteiger partial charge in [0, 0.05) is 0 Å². The van der Waals surface area contributed by atoms with Crippen molar-refractivity contribution in [1.82, 2.24) is 4.98 Å². The minimum atomic E-state index is -0.908. The van der Waals surface area contributed by atoms with Gasteiger partial charge in [-0.15, -0.1) is 0 Å². The molecule has 1 atom stereocenters. The third-order valence-electron chi connectivity index (χ3n) is 2.53. The number of aromatic nitrogens is 1. The summed E-state index contributed by atoms with van der Waals surface area (Å²) in [5.74, 6) is -2.20. The Kier molecular flexibility index (Phi) is 3.32. The normalized spacial score (nSPS) is 12.1. The van der Waals surface area contributed by atoms with E-state index in [1.807, 2.05) is 0 Å². The fourth-order valence-corrected chi connectivity index (χ4v) is 1.49. The van der Waals surface area contributed by atoms with Gasteiger partial charge in [0.25, 0.3) is 0 Å². The molecule has 2 heterocycles. The summed E-state index contributed by atoms with van der Waals surface area (Å²) in [5.41, 5.74) is 0.0591. The Morgan fingerprint density at radius 1 is 1.28 bits per heavy atom. The number of halogens is 1. The summed E-state index contributed by atoms with van der Waals surface area (Å²) in [7, 11) is 0. The predicted octanol–water partition coefficient (Wildman–Crippen LogP) is 2.52. The summed E-state index contributed by atoms with van der Waals surface area (Å²) in [6.07, 6.45) is 2.30. The Labute approximate surface area is 102 Å². The molecule has 2 aromatic rings. The van der Waals surface area contributed by atoms with Crippen molar-refractivity contribution in [2.24, 2.45) is 5.92 Å². The topological polar surface area (TPSA) is 60.2 Å². The van der Waals surface area contributed by atoms with Crippen LogP contribution in [0.2, 0.25) is 0 Å². The van der Waals surface area contributed by atoms with Crippen LogP contribution in [-0.2, 0) is 0 Å². The summed E-state index contributed by atoms with van der Waals surface area (Å²) < 4.78 is 17.6. The lowest BCUT2D eigenvalue weighted by molar-refractivity contribution is 0.0801. The number of carbonyl (C=O) groups excluding carboxylic acids is 2. The number of Topliss-reactive ketones (excluding diaryl/α,β-unsaturated/α-hetero) is 2. The van der Waals surface area contributed by atoms with Crippen LogP contribution in [0.15, 0.2) is 41.1 Å². The summed E-state index contributed by atoms with van der Waals surface area (Å²) in [5, 5.41) is 0. The lowest BCUT2D eigenvalue weighted by Crippen LogP contribution is -2.22. The van der Waals surface area contributed by atoms with Crippen LogP contribution in [0.5, 0.6) is 0 Å². The molecule has 0 saturated carbocycles. The van der Waals surface area contributed by atoms with Crippen molar-refractivity contribution in [3.8, 4) is 0 Å². The molecule has 0 fully saturated rings. The Bertz CT molecular complexity index is 560. The second-order valence-corrected chi connectivity index (χ2v) is 3.79. The van der Waals surface area contributed by atoms with Crippen molar-refractivity contribution in [3.05, 3.63) is 54.0 Å². The summed E-state index contributed by atoms with van der Waals surface area (Å²) in [6, 6.07) is 5.44. The third kappa shape index (κ3) is 2.34. The van der Waals surface area contributed by atoms with Crippen LogP contribution in [0.1, 0.15) is 28.0 Å². The van der Waals surface area contributed by atoms with Gasteiger partial charge in [-0.3, -0.25) is 14.6 Å². The first kappa shape index (κ1) is 12.2. The zero-order valence-corrected chi connectivity index (χ0v) is 9.59. The van der Waals surface area contributed by atoms with Gasteiger partial charge in [0.2, 0.25) is 5.78 Å². The molecule has 2 aromatic heterocycles. The number of hydrogen-bond acceptors (Lipinski definition) is 4. The smallest absolute Gasteiger partial charge is 0.208 e. The number of ketones is 2. The molecular formula is C13H10FNO3. The van der Waals surface area contributed by atoms with Gasteiger partial charge >= 0.3 is 0 Å². The molecule has 0 spiro atoms. The molecular weight excluding hydrogens is 237 g/mol. The van der Waals surface area contributed by atoms with Crippen LogP contribution in [0.25, 0.3) is 0 Å². The van der Waals surface area contributed by atoms with Crippen molar-refractivity contribution >= 4 is 11.6 Å². The highest BCUT2D eigenvalue weighted by molar-refractivity contribution is 6.14. The highest BCUT2D eigenvalue weighted by Crippen LogP contribution is 2.14. The number of furan rings is 1. The van der Waals surface area contributed by atoms with Gasteiger partial charge in [-0.1, -0.05) is 0 Å². The van der Waals surface area contributed by atoms with E-state index in [0.717, 1.165) is 12.3 Å². The van der Waals surface area contributed by atoms with E-state index in [4.69, 9.17) is 4.42 Å². The van der Waals surface area contributed by atoms with E-state index in [9.17, 15) is 14.0 Å². The highest BCUT2D eigenvalue weighted by atomic mass is 19.1. The largest absolute Gasteiger partial charge is 0.461 e. The molecule has 4 nitrogen and oxygen atoms in total. The first-order valence-electron chi connectivity index (χ1n) is 5.33. The molecule has 0 radical (unpaired) electrons. The molecule has 0 saturated heterocycles. The second kappa shape index (κ2) is 4.91. The zero-order chi connectivity index (χ0) is 13.1. The third-order valence-corrected chi connectivity index (χ3v) is 2.53. The maximum Gasteiger partial charge on any atom is 0.208 e. The molecule has 0 N–H and O–H groups in total. The molecule has 0 aliphatic heterocycles.